The maximum absolute atomic E-state index is 11.4. The van der Waals surface area contributed by atoms with Crippen LogP contribution in [0.15, 0.2) is 12.1 Å². The fourth-order valence-electron chi connectivity index (χ4n) is 1.96. The van der Waals surface area contributed by atoms with Crippen molar-refractivity contribution in [1.29, 1.82) is 0 Å². The van der Waals surface area contributed by atoms with Gasteiger partial charge in [0.25, 0.3) is 5.91 Å². The zero-order valence-electron chi connectivity index (χ0n) is 13.2. The first-order chi connectivity index (χ1) is 11.4. The van der Waals surface area contributed by atoms with Crippen LogP contribution >= 0.6 is 0 Å². The molecule has 1 unspecified atom stereocenters. The number of carboxylic acid groups (broad SMARTS) is 1. The number of amides is 1. The molecule has 0 spiro atoms. The molecule has 1 atom stereocenters. The van der Waals surface area contributed by atoms with Gasteiger partial charge in [-0.3, -0.25) is 4.79 Å². The lowest BCUT2D eigenvalue weighted by atomic mass is 10.1. The topological polar surface area (TPSA) is 150 Å². The quantitative estimate of drug-likeness (QED) is 0.659. The molecule has 24 heavy (non-hydrogen) atoms. The number of aliphatic carboxylic acids is 1. The molecule has 0 saturated heterocycles. The number of carbonyl (C=O) groups excluding carboxylic acids is 1. The van der Waals surface area contributed by atoms with Crippen LogP contribution in [0.4, 0.5) is 0 Å². The van der Waals surface area contributed by atoms with Gasteiger partial charge in [-0.25, -0.2) is 4.79 Å². The molecule has 10 heteroatoms. The zero-order valence-corrected chi connectivity index (χ0v) is 13.2. The average Bonchev–Trinajstić information content (AvgIpc) is 3.04. The Labute approximate surface area is 136 Å². The molecule has 0 aliphatic carbocycles. The first-order valence-corrected chi connectivity index (χ1v) is 6.75. The van der Waals surface area contributed by atoms with E-state index >= 15 is 0 Å². The molecule has 0 saturated carbocycles. The van der Waals surface area contributed by atoms with Crippen molar-refractivity contribution in [1.82, 2.24) is 15.4 Å². The normalized spacial score (nSPS) is 11.6. The van der Waals surface area contributed by atoms with Crippen molar-refractivity contribution in [3.05, 3.63) is 17.8 Å². The number of carbonyl (C=O) groups is 2. The van der Waals surface area contributed by atoms with E-state index in [1.165, 1.54) is 33.3 Å². The summed E-state index contributed by atoms with van der Waals surface area (Å²) in [5.74, 6) is -1.37. The third kappa shape index (κ3) is 3.21. The van der Waals surface area contributed by atoms with Gasteiger partial charge in [0.2, 0.25) is 5.75 Å². The number of nitrogens with two attached hydrogens (primary N) is 1. The predicted octanol–water partition coefficient (Wildman–Crippen LogP) is 0.440. The summed E-state index contributed by atoms with van der Waals surface area (Å²) in [6.45, 7) is 1.37. The molecule has 0 radical (unpaired) electrons. The van der Waals surface area contributed by atoms with Gasteiger partial charge >= 0.3 is 5.97 Å². The number of aromatic amines is 1. The van der Waals surface area contributed by atoms with Crippen LogP contribution in [0.2, 0.25) is 0 Å². The zero-order chi connectivity index (χ0) is 17.9. The Morgan fingerprint density at radius 1 is 1.21 bits per heavy atom. The van der Waals surface area contributed by atoms with Gasteiger partial charge in [-0.05, 0) is 19.1 Å². The number of methoxy groups -OCH3 is 2. The van der Waals surface area contributed by atoms with E-state index in [0.29, 0.717) is 5.56 Å². The van der Waals surface area contributed by atoms with Crippen molar-refractivity contribution in [2.45, 2.75) is 13.0 Å². The predicted molar refractivity (Wildman–Crippen MR) is 81.2 cm³/mol. The van der Waals surface area contributed by atoms with Crippen molar-refractivity contribution in [3.63, 3.8) is 0 Å². The number of carboxylic acids is 1. The van der Waals surface area contributed by atoms with Gasteiger partial charge in [0, 0.05) is 5.56 Å². The van der Waals surface area contributed by atoms with E-state index in [1.54, 1.807) is 0 Å². The summed E-state index contributed by atoms with van der Waals surface area (Å²) in [7, 11) is 2.77. The lowest BCUT2D eigenvalue weighted by Crippen LogP contribution is -2.23. The number of ether oxygens (including phenoxy) is 3. The van der Waals surface area contributed by atoms with Gasteiger partial charge in [-0.15, -0.1) is 0 Å². The van der Waals surface area contributed by atoms with Gasteiger partial charge in [0.15, 0.2) is 23.3 Å². The van der Waals surface area contributed by atoms with E-state index in [4.69, 9.17) is 25.1 Å². The number of aromatic nitrogens is 3. The fraction of sp³-hybridized carbons (Fsp3) is 0.286. The van der Waals surface area contributed by atoms with Crippen LogP contribution in [0, 0.1) is 0 Å². The van der Waals surface area contributed by atoms with Crippen LogP contribution in [0.25, 0.3) is 11.3 Å². The Morgan fingerprint density at radius 3 is 2.25 bits per heavy atom. The number of rotatable bonds is 7. The van der Waals surface area contributed by atoms with Crippen LogP contribution in [-0.4, -0.2) is 52.7 Å². The van der Waals surface area contributed by atoms with Gasteiger partial charge in [0.1, 0.15) is 5.69 Å². The first-order valence-electron chi connectivity index (χ1n) is 6.75. The third-order valence-electron chi connectivity index (χ3n) is 3.16. The number of hydrogen-bond acceptors (Lipinski definition) is 7. The second-order valence-electron chi connectivity index (χ2n) is 4.69. The molecule has 1 amide bonds. The highest BCUT2D eigenvalue weighted by atomic mass is 16.6. The van der Waals surface area contributed by atoms with Crippen molar-refractivity contribution in [2.24, 2.45) is 5.73 Å². The number of primary amides is 1. The number of benzene rings is 1. The number of nitrogens with one attached hydrogen (secondary N) is 1. The van der Waals surface area contributed by atoms with E-state index in [9.17, 15) is 9.59 Å². The number of hydrogen-bond donors (Lipinski definition) is 3. The molecule has 1 heterocycles. The highest BCUT2D eigenvalue weighted by Crippen LogP contribution is 2.42. The monoisotopic (exact) mass is 336 g/mol. The molecule has 0 aliphatic heterocycles. The summed E-state index contributed by atoms with van der Waals surface area (Å²) in [5.41, 5.74) is 5.84. The summed E-state index contributed by atoms with van der Waals surface area (Å²) < 4.78 is 15.9. The molecule has 10 nitrogen and oxygen atoms in total. The van der Waals surface area contributed by atoms with Crippen LogP contribution in [0.1, 0.15) is 17.4 Å². The molecule has 2 aromatic rings. The molecule has 128 valence electrons. The lowest BCUT2D eigenvalue weighted by molar-refractivity contribution is -0.144. The first kappa shape index (κ1) is 17.1. The molecule has 1 aromatic carbocycles. The number of H-pyrrole nitrogens is 1. The average molecular weight is 336 g/mol. The van der Waals surface area contributed by atoms with Crippen molar-refractivity contribution < 1.29 is 28.9 Å². The molecule has 0 fully saturated rings. The second-order valence-corrected chi connectivity index (χ2v) is 4.69. The second kappa shape index (κ2) is 6.86. The molecule has 0 aliphatic rings. The summed E-state index contributed by atoms with van der Waals surface area (Å²) in [4.78, 5) is 22.4. The summed E-state index contributed by atoms with van der Waals surface area (Å²) in [6, 6.07) is 3.02. The maximum Gasteiger partial charge on any atom is 0.344 e. The van der Waals surface area contributed by atoms with Crippen LogP contribution in [0.5, 0.6) is 17.2 Å². The van der Waals surface area contributed by atoms with Gasteiger partial charge in [0.05, 0.1) is 14.2 Å². The minimum absolute atomic E-state index is 0.0494. The van der Waals surface area contributed by atoms with E-state index in [0.717, 1.165) is 0 Å². The summed E-state index contributed by atoms with van der Waals surface area (Å²) in [6.07, 6.45) is -1.12. The van der Waals surface area contributed by atoms with E-state index in [1.807, 2.05) is 0 Å². The minimum Gasteiger partial charge on any atom is -0.493 e. The van der Waals surface area contributed by atoms with Crippen LogP contribution in [0.3, 0.4) is 0 Å². The smallest absolute Gasteiger partial charge is 0.344 e. The highest BCUT2D eigenvalue weighted by molar-refractivity contribution is 5.97. The molecule has 4 N–H and O–H groups in total. The SMILES string of the molecule is COc1cc(-c2n[nH]nc2C(N)=O)cc(OC)c1OC(C)C(=O)O. The van der Waals surface area contributed by atoms with Crippen molar-refractivity contribution >= 4 is 11.9 Å². The van der Waals surface area contributed by atoms with Crippen LogP contribution in [-0.2, 0) is 4.79 Å². The molecular formula is C14H16N4O6. The van der Waals surface area contributed by atoms with E-state index in [2.05, 4.69) is 15.4 Å². The number of nitrogens with zero attached hydrogens (tertiary/aromatic N) is 2. The molecule has 1 aromatic heterocycles. The molecular weight excluding hydrogens is 320 g/mol. The molecule has 2 rings (SSSR count). The Bertz CT molecular complexity index is 747. The maximum atomic E-state index is 11.4. The largest absolute Gasteiger partial charge is 0.493 e. The van der Waals surface area contributed by atoms with Crippen LogP contribution < -0.4 is 19.9 Å². The Balaban J connectivity index is 2.56. The Hall–Kier alpha value is -3.30. The van der Waals surface area contributed by atoms with Crippen molar-refractivity contribution in [2.75, 3.05) is 14.2 Å². The molecule has 0 bridgehead atoms. The Morgan fingerprint density at radius 2 is 1.79 bits per heavy atom. The summed E-state index contributed by atoms with van der Waals surface area (Å²) >= 11 is 0. The lowest BCUT2D eigenvalue weighted by Gasteiger charge is -2.17. The standard InChI is InChI=1S/C14H16N4O6/c1-6(14(20)21)24-12-8(22-2)4-7(5-9(12)23-3)10-11(13(15)19)17-18-16-10/h4-6H,1-3H3,(H2,15,19)(H,20,21)(H,16,17,18). The van der Waals surface area contributed by atoms with Gasteiger partial charge in [-0.2, -0.15) is 15.4 Å². The Kier molecular flexibility index (Phi) is 4.87. The van der Waals surface area contributed by atoms with Gasteiger partial charge < -0.3 is 25.1 Å². The fourth-order valence-corrected chi connectivity index (χ4v) is 1.96. The third-order valence-corrected chi connectivity index (χ3v) is 3.16. The van der Waals surface area contributed by atoms with Gasteiger partial charge in [-0.1, -0.05) is 0 Å². The van der Waals surface area contributed by atoms with E-state index < -0.39 is 18.0 Å². The van der Waals surface area contributed by atoms with Crippen molar-refractivity contribution in [3.8, 4) is 28.5 Å². The summed E-state index contributed by atoms with van der Waals surface area (Å²) in [5, 5.41) is 18.9. The highest BCUT2D eigenvalue weighted by Gasteiger charge is 2.23. The minimum atomic E-state index is -1.14. The van der Waals surface area contributed by atoms with E-state index in [-0.39, 0.29) is 28.6 Å².